The van der Waals surface area contributed by atoms with E-state index in [0.29, 0.717) is 0 Å². The molecule has 1 heterocycles. The summed E-state index contributed by atoms with van der Waals surface area (Å²) in [5.74, 6) is 0. The molecule has 3 rings (SSSR count). The quantitative estimate of drug-likeness (QED) is 0.768. The maximum Gasteiger partial charge on any atom is 0.0888 e. The van der Waals surface area contributed by atoms with Crippen LogP contribution in [0, 0.1) is 0 Å². The van der Waals surface area contributed by atoms with Crippen molar-refractivity contribution in [1.82, 2.24) is 4.67 Å². The predicted molar refractivity (Wildman–Crippen MR) is 79.1 cm³/mol. The third-order valence-electron chi connectivity index (χ3n) is 2.93. The minimum absolute atomic E-state index is 0.468. The van der Waals surface area contributed by atoms with Crippen LogP contribution >= 0.6 is 8.07 Å². The van der Waals surface area contributed by atoms with Crippen LogP contribution in [-0.2, 0) is 0 Å². The molecule has 0 N–H and O–H groups in total. The van der Waals surface area contributed by atoms with E-state index in [1.807, 2.05) is 6.34 Å². The lowest BCUT2D eigenvalue weighted by Crippen LogP contribution is -2.26. The molecule has 1 aliphatic rings. The topological polar surface area (TPSA) is 15.6 Å². The molecule has 90 valence electrons. The van der Waals surface area contributed by atoms with Gasteiger partial charge >= 0.3 is 0 Å². The second-order valence-corrected chi connectivity index (χ2v) is 6.34. The third kappa shape index (κ3) is 2.30. The van der Waals surface area contributed by atoms with Gasteiger partial charge in [-0.25, -0.2) is 0 Å². The maximum absolute atomic E-state index is 4.35. The Morgan fingerprint density at radius 2 is 1.39 bits per heavy atom. The summed E-state index contributed by atoms with van der Waals surface area (Å²) in [6.07, 6.45) is 2.01. The molecule has 18 heavy (non-hydrogen) atoms. The van der Waals surface area contributed by atoms with Crippen LogP contribution < -0.4 is 10.6 Å². The SMILES string of the molecule is C1=NCCN1P(c1ccccc1)c1ccccc1. The van der Waals surface area contributed by atoms with Crippen molar-refractivity contribution in [2.24, 2.45) is 4.99 Å². The van der Waals surface area contributed by atoms with Gasteiger partial charge in [0.05, 0.1) is 21.0 Å². The van der Waals surface area contributed by atoms with Gasteiger partial charge in [0.15, 0.2) is 0 Å². The molecule has 0 bridgehead atoms. The summed E-state index contributed by atoms with van der Waals surface area (Å²) in [7, 11) is -0.468. The van der Waals surface area contributed by atoms with Crippen LogP contribution in [0.3, 0.4) is 0 Å². The molecule has 0 unspecified atom stereocenters. The van der Waals surface area contributed by atoms with Gasteiger partial charge in [-0.3, -0.25) is 4.99 Å². The fourth-order valence-electron chi connectivity index (χ4n) is 2.11. The summed E-state index contributed by atoms with van der Waals surface area (Å²) >= 11 is 0. The first-order valence-corrected chi connectivity index (χ1v) is 7.41. The zero-order valence-electron chi connectivity index (χ0n) is 10.1. The molecular formula is C15H15N2P. The van der Waals surface area contributed by atoms with Crippen molar-refractivity contribution < 1.29 is 0 Å². The smallest absolute Gasteiger partial charge is 0.0888 e. The molecular weight excluding hydrogens is 239 g/mol. The molecule has 2 aromatic carbocycles. The molecule has 1 aliphatic heterocycles. The van der Waals surface area contributed by atoms with Crippen LogP contribution in [0.5, 0.6) is 0 Å². The molecule has 0 fully saturated rings. The van der Waals surface area contributed by atoms with Gasteiger partial charge in [-0.1, -0.05) is 60.7 Å². The van der Waals surface area contributed by atoms with Crippen molar-refractivity contribution in [1.29, 1.82) is 0 Å². The summed E-state index contributed by atoms with van der Waals surface area (Å²) in [5.41, 5.74) is 0. The summed E-state index contributed by atoms with van der Waals surface area (Å²) in [6, 6.07) is 21.4. The van der Waals surface area contributed by atoms with Gasteiger partial charge in [-0.15, -0.1) is 0 Å². The average Bonchev–Trinajstić information content (AvgIpc) is 2.95. The maximum atomic E-state index is 4.35. The fourth-order valence-corrected chi connectivity index (χ4v) is 4.37. The lowest BCUT2D eigenvalue weighted by atomic mass is 10.4. The van der Waals surface area contributed by atoms with E-state index in [1.54, 1.807) is 0 Å². The van der Waals surface area contributed by atoms with Crippen LogP contribution in [0.25, 0.3) is 0 Å². The fraction of sp³-hybridized carbons (Fsp3) is 0.133. The molecule has 0 saturated carbocycles. The van der Waals surface area contributed by atoms with E-state index >= 15 is 0 Å². The van der Waals surface area contributed by atoms with Gasteiger partial charge in [0, 0.05) is 17.2 Å². The van der Waals surface area contributed by atoms with Gasteiger partial charge < -0.3 is 4.67 Å². The molecule has 0 amide bonds. The highest BCUT2D eigenvalue weighted by Crippen LogP contribution is 2.37. The highest BCUT2D eigenvalue weighted by Gasteiger charge is 2.21. The van der Waals surface area contributed by atoms with Crippen LogP contribution in [0.15, 0.2) is 65.7 Å². The molecule has 0 radical (unpaired) electrons. The minimum Gasteiger partial charge on any atom is -0.332 e. The van der Waals surface area contributed by atoms with E-state index in [9.17, 15) is 0 Å². The standard InChI is InChI=1S/C15H15N2P/c1-3-7-14(8-4-1)18(17-12-11-16-13-17)15-9-5-2-6-10-15/h1-10,13H,11-12H2. The number of nitrogens with zero attached hydrogens (tertiary/aromatic N) is 2. The van der Waals surface area contributed by atoms with Crippen LogP contribution in [-0.4, -0.2) is 24.1 Å². The molecule has 0 aliphatic carbocycles. The van der Waals surface area contributed by atoms with Crippen molar-refractivity contribution in [3.63, 3.8) is 0 Å². The van der Waals surface area contributed by atoms with Gasteiger partial charge in [0.2, 0.25) is 0 Å². The van der Waals surface area contributed by atoms with E-state index in [1.165, 1.54) is 10.6 Å². The van der Waals surface area contributed by atoms with Gasteiger partial charge in [0.1, 0.15) is 0 Å². The highest BCUT2D eigenvalue weighted by molar-refractivity contribution is 7.71. The number of aliphatic imine (C=N–C) groups is 1. The molecule has 0 spiro atoms. The molecule has 2 aromatic rings. The number of rotatable bonds is 3. The molecule has 0 aromatic heterocycles. The third-order valence-corrected chi connectivity index (χ3v) is 5.32. The first-order valence-electron chi connectivity index (χ1n) is 6.12. The first-order chi connectivity index (χ1) is 8.95. The Morgan fingerprint density at radius 1 is 0.833 bits per heavy atom. The Bertz CT molecular complexity index is 485. The predicted octanol–water partition coefficient (Wildman–Crippen LogP) is 2.38. The van der Waals surface area contributed by atoms with E-state index in [2.05, 4.69) is 70.3 Å². The summed E-state index contributed by atoms with van der Waals surface area (Å²) in [5, 5.41) is 2.76. The summed E-state index contributed by atoms with van der Waals surface area (Å²) in [4.78, 5) is 4.35. The number of hydrogen-bond donors (Lipinski definition) is 0. The Balaban J connectivity index is 2.01. The van der Waals surface area contributed by atoms with Gasteiger partial charge in [-0.05, 0) is 0 Å². The van der Waals surface area contributed by atoms with Crippen LogP contribution in [0.2, 0.25) is 0 Å². The monoisotopic (exact) mass is 254 g/mol. The zero-order valence-corrected chi connectivity index (χ0v) is 11.0. The minimum atomic E-state index is -0.468. The lowest BCUT2D eigenvalue weighted by molar-refractivity contribution is 0.737. The Kier molecular flexibility index (Phi) is 3.38. The summed E-state index contributed by atoms with van der Waals surface area (Å²) in [6.45, 7) is 1.94. The molecule has 2 nitrogen and oxygen atoms in total. The van der Waals surface area contributed by atoms with Gasteiger partial charge in [0.25, 0.3) is 0 Å². The number of benzene rings is 2. The normalized spacial score (nSPS) is 14.4. The number of hydrogen-bond acceptors (Lipinski definition) is 2. The molecule has 0 saturated heterocycles. The second-order valence-electron chi connectivity index (χ2n) is 4.17. The van der Waals surface area contributed by atoms with Gasteiger partial charge in [-0.2, -0.15) is 0 Å². The molecule has 0 atom stereocenters. The lowest BCUT2D eigenvalue weighted by Gasteiger charge is -2.27. The highest BCUT2D eigenvalue weighted by atomic mass is 31.1. The average molecular weight is 254 g/mol. The van der Waals surface area contributed by atoms with E-state index in [0.717, 1.165) is 13.1 Å². The van der Waals surface area contributed by atoms with Crippen LogP contribution in [0.1, 0.15) is 0 Å². The van der Waals surface area contributed by atoms with E-state index in [4.69, 9.17) is 0 Å². The Labute approximate surface area is 109 Å². The first kappa shape index (κ1) is 11.4. The van der Waals surface area contributed by atoms with Crippen molar-refractivity contribution in [2.75, 3.05) is 13.1 Å². The van der Waals surface area contributed by atoms with Crippen LogP contribution in [0.4, 0.5) is 0 Å². The molecule has 3 heteroatoms. The Morgan fingerprint density at radius 3 is 1.83 bits per heavy atom. The van der Waals surface area contributed by atoms with E-state index < -0.39 is 8.07 Å². The van der Waals surface area contributed by atoms with Crippen molar-refractivity contribution in [2.45, 2.75) is 0 Å². The second kappa shape index (κ2) is 5.32. The van der Waals surface area contributed by atoms with Crippen molar-refractivity contribution >= 4 is 25.0 Å². The largest absolute Gasteiger partial charge is 0.332 e. The van der Waals surface area contributed by atoms with E-state index in [-0.39, 0.29) is 0 Å². The van der Waals surface area contributed by atoms with Crippen molar-refractivity contribution in [3.8, 4) is 0 Å². The zero-order chi connectivity index (χ0) is 12.2. The Hall–Kier alpha value is -1.66. The van der Waals surface area contributed by atoms with Crippen molar-refractivity contribution in [3.05, 3.63) is 60.7 Å². The summed E-state index contributed by atoms with van der Waals surface area (Å²) < 4.78 is 2.38.